The van der Waals surface area contributed by atoms with Gasteiger partial charge in [0, 0.05) is 31.8 Å². The first kappa shape index (κ1) is 17.8. The SMILES string of the molecule is CNC1CCN(c2cccc(C3CC(c4c(F)cccc4OC)=CN3)n2)C1. The van der Waals surface area contributed by atoms with Gasteiger partial charge < -0.3 is 20.3 Å². The fourth-order valence-electron chi connectivity index (χ4n) is 3.90. The Hall–Kier alpha value is -2.60. The number of hydrogen-bond donors (Lipinski definition) is 2. The van der Waals surface area contributed by atoms with Crippen molar-refractivity contribution in [2.75, 3.05) is 32.1 Å². The van der Waals surface area contributed by atoms with E-state index in [2.05, 4.69) is 21.6 Å². The summed E-state index contributed by atoms with van der Waals surface area (Å²) in [5.41, 5.74) is 2.41. The highest BCUT2D eigenvalue weighted by atomic mass is 19.1. The number of aromatic nitrogens is 1. The van der Waals surface area contributed by atoms with Crippen molar-refractivity contribution in [1.29, 1.82) is 0 Å². The normalized spacial score (nSPS) is 21.9. The highest BCUT2D eigenvalue weighted by Crippen LogP contribution is 2.37. The molecule has 1 aromatic carbocycles. The van der Waals surface area contributed by atoms with Gasteiger partial charge in [0.05, 0.1) is 24.4 Å². The van der Waals surface area contributed by atoms with Gasteiger partial charge in [0.1, 0.15) is 17.4 Å². The second-order valence-corrected chi connectivity index (χ2v) is 7.05. The number of anilines is 1. The van der Waals surface area contributed by atoms with E-state index in [1.165, 1.54) is 6.07 Å². The molecular formula is C21H25FN4O. The van der Waals surface area contributed by atoms with Crippen molar-refractivity contribution in [2.45, 2.75) is 24.9 Å². The monoisotopic (exact) mass is 368 g/mol. The number of methoxy groups -OCH3 is 1. The number of nitrogens with one attached hydrogen (secondary N) is 2. The third-order valence-electron chi connectivity index (χ3n) is 5.43. The van der Waals surface area contributed by atoms with E-state index in [0.29, 0.717) is 23.8 Å². The Balaban J connectivity index is 1.52. The third kappa shape index (κ3) is 3.49. The van der Waals surface area contributed by atoms with Crippen molar-refractivity contribution in [3.8, 4) is 5.75 Å². The fourth-order valence-corrected chi connectivity index (χ4v) is 3.90. The number of hydrogen-bond acceptors (Lipinski definition) is 5. The topological polar surface area (TPSA) is 49.4 Å². The quantitative estimate of drug-likeness (QED) is 0.849. The Kier molecular flexibility index (Phi) is 4.99. The van der Waals surface area contributed by atoms with Gasteiger partial charge in [0.25, 0.3) is 0 Å². The summed E-state index contributed by atoms with van der Waals surface area (Å²) in [4.78, 5) is 7.19. The maximum atomic E-state index is 14.4. The number of halogens is 1. The molecule has 2 unspecified atom stereocenters. The lowest BCUT2D eigenvalue weighted by molar-refractivity contribution is 0.409. The van der Waals surface area contributed by atoms with Gasteiger partial charge in [-0.25, -0.2) is 9.37 Å². The minimum atomic E-state index is -0.264. The lowest BCUT2D eigenvalue weighted by Crippen LogP contribution is -2.30. The van der Waals surface area contributed by atoms with Crippen molar-refractivity contribution in [1.82, 2.24) is 15.6 Å². The maximum Gasteiger partial charge on any atom is 0.134 e. The molecule has 1 aromatic heterocycles. The number of likely N-dealkylation sites (N-methyl/N-ethyl adjacent to an activating group) is 1. The number of nitrogens with zero attached hydrogens (tertiary/aromatic N) is 2. The third-order valence-corrected chi connectivity index (χ3v) is 5.43. The average molecular weight is 368 g/mol. The molecule has 0 aliphatic carbocycles. The molecular weight excluding hydrogens is 343 g/mol. The molecule has 0 radical (unpaired) electrons. The van der Waals surface area contributed by atoms with Crippen LogP contribution in [0.25, 0.3) is 5.57 Å². The van der Waals surface area contributed by atoms with Crippen LogP contribution in [-0.4, -0.2) is 38.3 Å². The molecule has 2 N–H and O–H groups in total. The molecule has 0 spiro atoms. The second kappa shape index (κ2) is 7.56. The van der Waals surface area contributed by atoms with Gasteiger partial charge in [-0.2, -0.15) is 0 Å². The first-order valence-corrected chi connectivity index (χ1v) is 9.36. The van der Waals surface area contributed by atoms with Crippen LogP contribution in [0.3, 0.4) is 0 Å². The summed E-state index contributed by atoms with van der Waals surface area (Å²) < 4.78 is 19.7. The predicted molar refractivity (Wildman–Crippen MR) is 105 cm³/mol. The smallest absolute Gasteiger partial charge is 0.134 e. The van der Waals surface area contributed by atoms with Crippen LogP contribution in [0.5, 0.6) is 5.75 Å². The highest BCUT2D eigenvalue weighted by molar-refractivity contribution is 5.73. The first-order chi connectivity index (χ1) is 13.2. The molecule has 3 heterocycles. The number of ether oxygens (including phenoxy) is 1. The van der Waals surface area contributed by atoms with Crippen molar-refractivity contribution in [3.63, 3.8) is 0 Å². The minimum absolute atomic E-state index is 0.0342. The van der Waals surface area contributed by atoms with E-state index >= 15 is 0 Å². The highest BCUT2D eigenvalue weighted by Gasteiger charge is 2.26. The van der Waals surface area contributed by atoms with E-state index in [1.54, 1.807) is 19.2 Å². The fraction of sp³-hybridized carbons (Fsp3) is 0.381. The van der Waals surface area contributed by atoms with Crippen molar-refractivity contribution in [2.24, 2.45) is 0 Å². The molecule has 142 valence electrons. The molecule has 0 amide bonds. The van der Waals surface area contributed by atoms with Crippen LogP contribution in [0.15, 0.2) is 42.6 Å². The van der Waals surface area contributed by atoms with Crippen LogP contribution in [0.1, 0.15) is 30.1 Å². The Morgan fingerprint density at radius 3 is 2.89 bits per heavy atom. The van der Waals surface area contributed by atoms with Gasteiger partial charge in [-0.15, -0.1) is 0 Å². The van der Waals surface area contributed by atoms with Gasteiger partial charge >= 0.3 is 0 Å². The van der Waals surface area contributed by atoms with Crippen molar-refractivity contribution >= 4 is 11.4 Å². The van der Waals surface area contributed by atoms with Gasteiger partial charge in [-0.3, -0.25) is 0 Å². The van der Waals surface area contributed by atoms with E-state index in [0.717, 1.165) is 36.6 Å². The maximum absolute atomic E-state index is 14.4. The molecule has 0 saturated carbocycles. The molecule has 6 heteroatoms. The Labute approximate surface area is 159 Å². The van der Waals surface area contributed by atoms with Gasteiger partial charge in [-0.1, -0.05) is 12.1 Å². The molecule has 2 aliphatic heterocycles. The average Bonchev–Trinajstić information content (AvgIpc) is 3.37. The molecule has 2 aromatic rings. The van der Waals surface area contributed by atoms with E-state index in [4.69, 9.17) is 9.72 Å². The lowest BCUT2D eigenvalue weighted by atomic mass is 9.99. The van der Waals surface area contributed by atoms with E-state index in [9.17, 15) is 4.39 Å². The molecule has 2 aliphatic rings. The molecule has 0 bridgehead atoms. The van der Waals surface area contributed by atoms with Crippen LogP contribution in [0.4, 0.5) is 10.2 Å². The summed E-state index contributed by atoms with van der Waals surface area (Å²) in [7, 11) is 3.57. The van der Waals surface area contributed by atoms with E-state index in [1.807, 2.05) is 25.4 Å². The van der Waals surface area contributed by atoms with Gasteiger partial charge in [-0.05, 0) is 43.3 Å². The first-order valence-electron chi connectivity index (χ1n) is 9.36. The summed E-state index contributed by atoms with van der Waals surface area (Å²) in [6, 6.07) is 11.6. The lowest BCUT2D eigenvalue weighted by Gasteiger charge is -2.20. The summed E-state index contributed by atoms with van der Waals surface area (Å²) >= 11 is 0. The Bertz CT molecular complexity index is 854. The molecule has 5 nitrogen and oxygen atoms in total. The largest absolute Gasteiger partial charge is 0.496 e. The van der Waals surface area contributed by atoms with Crippen LogP contribution in [0.2, 0.25) is 0 Å². The van der Waals surface area contributed by atoms with Gasteiger partial charge in [0.15, 0.2) is 0 Å². The summed E-state index contributed by atoms with van der Waals surface area (Å²) in [5.74, 6) is 1.30. The van der Waals surface area contributed by atoms with E-state index in [-0.39, 0.29) is 11.9 Å². The zero-order valence-corrected chi connectivity index (χ0v) is 15.7. The molecule has 4 rings (SSSR count). The Morgan fingerprint density at radius 1 is 1.26 bits per heavy atom. The molecule has 27 heavy (non-hydrogen) atoms. The summed E-state index contributed by atoms with van der Waals surface area (Å²) in [6.07, 6.45) is 3.68. The summed E-state index contributed by atoms with van der Waals surface area (Å²) in [5, 5.41) is 6.70. The predicted octanol–water partition coefficient (Wildman–Crippen LogP) is 3.10. The number of benzene rings is 1. The van der Waals surface area contributed by atoms with Crippen molar-refractivity contribution < 1.29 is 9.13 Å². The van der Waals surface area contributed by atoms with Crippen LogP contribution in [-0.2, 0) is 0 Å². The molecule has 1 saturated heterocycles. The minimum Gasteiger partial charge on any atom is -0.496 e. The standard InChI is InChI=1S/C21H25FN4O/c1-23-15-9-10-26(13-15)20-8-4-6-17(25-20)18-11-14(12-24-18)21-16(22)5-3-7-19(21)27-2/h3-8,12,15,18,23-24H,9-11,13H2,1-2H3. The number of rotatable bonds is 5. The van der Waals surface area contributed by atoms with Crippen LogP contribution >= 0.6 is 0 Å². The molecule has 2 atom stereocenters. The zero-order chi connectivity index (χ0) is 18.8. The summed E-state index contributed by atoms with van der Waals surface area (Å²) in [6.45, 7) is 1.98. The number of pyridine rings is 1. The van der Waals surface area contributed by atoms with E-state index < -0.39 is 0 Å². The van der Waals surface area contributed by atoms with Crippen molar-refractivity contribution in [3.05, 3.63) is 59.7 Å². The Morgan fingerprint density at radius 2 is 2.11 bits per heavy atom. The van der Waals surface area contributed by atoms with Crippen LogP contribution in [0, 0.1) is 5.82 Å². The van der Waals surface area contributed by atoms with Gasteiger partial charge in [0.2, 0.25) is 0 Å². The van der Waals surface area contributed by atoms with Crippen LogP contribution < -0.4 is 20.3 Å². The second-order valence-electron chi connectivity index (χ2n) is 7.05. The zero-order valence-electron chi connectivity index (χ0n) is 15.7. The molecule has 1 fully saturated rings.